The van der Waals surface area contributed by atoms with Crippen molar-refractivity contribution in [2.75, 3.05) is 31.1 Å². The van der Waals surface area contributed by atoms with Crippen LogP contribution in [0.3, 0.4) is 0 Å². The summed E-state index contributed by atoms with van der Waals surface area (Å²) >= 11 is 1.70. The molecule has 1 aliphatic heterocycles. The largest absolute Gasteiger partial charge is 0.352 e. The molecule has 1 aliphatic rings. The van der Waals surface area contributed by atoms with E-state index in [1.54, 1.807) is 17.7 Å². The second-order valence-electron chi connectivity index (χ2n) is 7.63. The summed E-state index contributed by atoms with van der Waals surface area (Å²) < 4.78 is 13.0. The molecule has 0 spiro atoms. The van der Waals surface area contributed by atoms with Gasteiger partial charge in [0.05, 0.1) is 5.39 Å². The third kappa shape index (κ3) is 4.90. The molecular formula is C23H25FN4O2S. The van der Waals surface area contributed by atoms with Gasteiger partial charge in [-0.1, -0.05) is 6.92 Å². The molecule has 1 saturated heterocycles. The first kappa shape index (κ1) is 21.4. The SMILES string of the molecule is CCc1cc2c(N3CCN(C(=O)CCCC(=O)c4ccc(F)cc4)CC3)ncnc2s1. The Labute approximate surface area is 184 Å². The third-order valence-corrected chi connectivity index (χ3v) is 6.79. The highest BCUT2D eigenvalue weighted by Crippen LogP contribution is 2.31. The molecule has 0 bridgehead atoms. The van der Waals surface area contributed by atoms with Gasteiger partial charge in [-0.25, -0.2) is 14.4 Å². The maximum absolute atomic E-state index is 13.0. The molecule has 162 valence electrons. The molecule has 2 aromatic heterocycles. The number of aromatic nitrogens is 2. The van der Waals surface area contributed by atoms with E-state index in [4.69, 9.17) is 0 Å². The van der Waals surface area contributed by atoms with E-state index in [1.807, 2.05) is 4.90 Å². The van der Waals surface area contributed by atoms with Crippen LogP contribution in [0.4, 0.5) is 10.2 Å². The number of anilines is 1. The fourth-order valence-corrected chi connectivity index (χ4v) is 4.75. The van der Waals surface area contributed by atoms with Crippen molar-refractivity contribution in [2.45, 2.75) is 32.6 Å². The van der Waals surface area contributed by atoms with E-state index < -0.39 is 0 Å². The zero-order valence-corrected chi connectivity index (χ0v) is 18.3. The molecule has 3 heterocycles. The lowest BCUT2D eigenvalue weighted by Crippen LogP contribution is -2.49. The van der Waals surface area contributed by atoms with Crippen molar-refractivity contribution >= 4 is 39.1 Å². The molecule has 0 saturated carbocycles. The first-order chi connectivity index (χ1) is 15.0. The Balaban J connectivity index is 1.28. The highest BCUT2D eigenvalue weighted by atomic mass is 32.1. The van der Waals surface area contributed by atoms with E-state index in [-0.39, 0.29) is 23.9 Å². The van der Waals surface area contributed by atoms with Crippen LogP contribution in [-0.2, 0) is 11.2 Å². The Hall–Kier alpha value is -2.87. The van der Waals surface area contributed by atoms with Gasteiger partial charge in [0.2, 0.25) is 5.91 Å². The zero-order valence-electron chi connectivity index (χ0n) is 17.5. The topological polar surface area (TPSA) is 66.4 Å². The highest BCUT2D eigenvalue weighted by Gasteiger charge is 2.23. The van der Waals surface area contributed by atoms with Crippen LogP contribution >= 0.6 is 11.3 Å². The number of amides is 1. The summed E-state index contributed by atoms with van der Waals surface area (Å²) in [6, 6.07) is 7.70. The van der Waals surface area contributed by atoms with Crippen molar-refractivity contribution in [1.82, 2.24) is 14.9 Å². The monoisotopic (exact) mass is 440 g/mol. The number of carbonyl (C=O) groups is 2. The summed E-state index contributed by atoms with van der Waals surface area (Å²) in [6.07, 6.45) is 3.72. The number of piperazine rings is 1. The Kier molecular flexibility index (Phi) is 6.56. The summed E-state index contributed by atoms with van der Waals surface area (Å²) in [5.74, 6) is 0.590. The van der Waals surface area contributed by atoms with E-state index in [0.29, 0.717) is 31.5 Å². The number of rotatable bonds is 7. The number of carbonyl (C=O) groups excluding carboxylic acids is 2. The Morgan fingerprint density at radius 1 is 1.06 bits per heavy atom. The van der Waals surface area contributed by atoms with Crippen LogP contribution in [0.25, 0.3) is 10.2 Å². The van der Waals surface area contributed by atoms with Crippen LogP contribution in [-0.4, -0.2) is 52.7 Å². The van der Waals surface area contributed by atoms with Gasteiger partial charge in [-0.2, -0.15) is 0 Å². The Bertz CT molecular complexity index is 1070. The molecule has 0 aliphatic carbocycles. The maximum atomic E-state index is 13.0. The summed E-state index contributed by atoms with van der Waals surface area (Å²) in [7, 11) is 0. The average molecular weight is 441 g/mol. The highest BCUT2D eigenvalue weighted by molar-refractivity contribution is 7.18. The molecule has 4 rings (SSSR count). The van der Waals surface area contributed by atoms with E-state index in [0.717, 1.165) is 35.5 Å². The van der Waals surface area contributed by atoms with E-state index in [2.05, 4.69) is 27.9 Å². The zero-order chi connectivity index (χ0) is 21.8. The van der Waals surface area contributed by atoms with Gasteiger partial charge < -0.3 is 9.80 Å². The summed E-state index contributed by atoms with van der Waals surface area (Å²) in [6.45, 7) is 4.87. The Morgan fingerprint density at radius 2 is 1.81 bits per heavy atom. The van der Waals surface area contributed by atoms with Crippen molar-refractivity contribution < 1.29 is 14.0 Å². The molecular weight excluding hydrogens is 415 g/mol. The second kappa shape index (κ2) is 9.51. The van der Waals surface area contributed by atoms with Crippen molar-refractivity contribution in [1.29, 1.82) is 0 Å². The van der Waals surface area contributed by atoms with Crippen LogP contribution in [0, 0.1) is 5.82 Å². The standard InChI is InChI=1S/C23H25FN4O2S/c1-2-18-14-19-22(25-15-26-23(19)31-18)28-12-10-27(11-13-28)21(30)5-3-4-20(29)16-6-8-17(24)9-7-16/h6-9,14-15H,2-5,10-13H2,1H3. The first-order valence-electron chi connectivity index (χ1n) is 10.6. The second-order valence-corrected chi connectivity index (χ2v) is 8.75. The van der Waals surface area contributed by atoms with E-state index in [1.165, 1.54) is 29.1 Å². The van der Waals surface area contributed by atoms with Crippen LogP contribution in [0.15, 0.2) is 36.7 Å². The lowest BCUT2D eigenvalue weighted by atomic mass is 10.1. The van der Waals surface area contributed by atoms with Crippen molar-refractivity contribution in [3.8, 4) is 0 Å². The van der Waals surface area contributed by atoms with E-state index >= 15 is 0 Å². The van der Waals surface area contributed by atoms with Gasteiger partial charge in [0.1, 0.15) is 22.8 Å². The Morgan fingerprint density at radius 3 is 2.52 bits per heavy atom. The number of hydrogen-bond donors (Lipinski definition) is 0. The quantitative estimate of drug-likeness (QED) is 0.518. The number of Topliss-reactive ketones (excluding diaryl/α,β-unsaturated/α-hetero) is 1. The van der Waals surface area contributed by atoms with E-state index in [9.17, 15) is 14.0 Å². The number of aryl methyl sites for hydroxylation is 1. The molecule has 3 aromatic rings. The fraction of sp³-hybridized carbons (Fsp3) is 0.391. The predicted octanol–water partition coefficient (Wildman–Crippen LogP) is 4.09. The van der Waals surface area contributed by atoms with Crippen LogP contribution in [0.5, 0.6) is 0 Å². The molecule has 0 atom stereocenters. The third-order valence-electron chi connectivity index (χ3n) is 5.60. The number of fused-ring (bicyclic) bond motifs is 1. The fourth-order valence-electron chi connectivity index (χ4n) is 3.83. The minimum absolute atomic E-state index is 0.0624. The molecule has 1 fully saturated rings. The smallest absolute Gasteiger partial charge is 0.222 e. The molecule has 31 heavy (non-hydrogen) atoms. The van der Waals surface area contributed by atoms with Gasteiger partial charge in [-0.3, -0.25) is 9.59 Å². The summed E-state index contributed by atoms with van der Waals surface area (Å²) in [4.78, 5) is 40.0. The molecule has 6 nitrogen and oxygen atoms in total. The molecule has 0 N–H and O–H groups in total. The number of hydrogen-bond acceptors (Lipinski definition) is 6. The van der Waals surface area contributed by atoms with Crippen molar-refractivity contribution in [3.05, 3.63) is 52.9 Å². The average Bonchev–Trinajstić information content (AvgIpc) is 3.23. The number of benzene rings is 1. The number of halogens is 1. The van der Waals surface area contributed by atoms with Crippen molar-refractivity contribution in [2.24, 2.45) is 0 Å². The summed E-state index contributed by atoms with van der Waals surface area (Å²) in [5.41, 5.74) is 0.485. The van der Waals surface area contributed by atoms with Crippen molar-refractivity contribution in [3.63, 3.8) is 0 Å². The van der Waals surface area contributed by atoms with Gasteiger partial charge in [0.25, 0.3) is 0 Å². The lowest BCUT2D eigenvalue weighted by molar-refractivity contribution is -0.131. The molecule has 8 heteroatoms. The first-order valence-corrected chi connectivity index (χ1v) is 11.4. The predicted molar refractivity (Wildman–Crippen MR) is 120 cm³/mol. The van der Waals surface area contributed by atoms with Gasteiger partial charge >= 0.3 is 0 Å². The number of thiophene rings is 1. The molecule has 1 amide bonds. The van der Waals surface area contributed by atoms with Gasteiger partial charge in [0.15, 0.2) is 5.78 Å². The van der Waals surface area contributed by atoms with Crippen LogP contribution in [0.1, 0.15) is 41.4 Å². The van der Waals surface area contributed by atoms with Crippen LogP contribution in [0.2, 0.25) is 0 Å². The minimum Gasteiger partial charge on any atom is -0.352 e. The lowest BCUT2D eigenvalue weighted by Gasteiger charge is -2.35. The molecule has 1 aromatic carbocycles. The molecule has 0 radical (unpaired) electrons. The normalized spacial score (nSPS) is 14.3. The number of nitrogens with zero attached hydrogens (tertiary/aromatic N) is 4. The van der Waals surface area contributed by atoms with Gasteiger partial charge in [-0.15, -0.1) is 11.3 Å². The van der Waals surface area contributed by atoms with Crippen LogP contribution < -0.4 is 4.90 Å². The van der Waals surface area contributed by atoms with Gasteiger partial charge in [-0.05, 0) is 43.2 Å². The minimum atomic E-state index is -0.363. The number of ketones is 1. The summed E-state index contributed by atoms with van der Waals surface area (Å²) in [5, 5.41) is 1.09. The molecule has 0 unspecified atom stereocenters. The maximum Gasteiger partial charge on any atom is 0.222 e. The van der Waals surface area contributed by atoms with Gasteiger partial charge in [0, 0.05) is 49.5 Å².